The average Bonchev–Trinajstić information content (AvgIpc) is 3.12. The van der Waals surface area contributed by atoms with Crippen LogP contribution in [0.15, 0.2) is 36.7 Å². The minimum absolute atomic E-state index is 0.184. The van der Waals surface area contributed by atoms with Crippen molar-refractivity contribution < 1.29 is 19.1 Å². The topological polar surface area (TPSA) is 76.9 Å². The fourth-order valence-corrected chi connectivity index (χ4v) is 2.84. The molecule has 0 atom stereocenters. The molecule has 1 aromatic carbocycles. The van der Waals surface area contributed by atoms with Crippen molar-refractivity contribution in [1.29, 1.82) is 0 Å². The van der Waals surface area contributed by atoms with E-state index in [1.165, 1.54) is 10.9 Å². The van der Waals surface area contributed by atoms with Crippen LogP contribution in [0.4, 0.5) is 5.69 Å². The van der Waals surface area contributed by atoms with Crippen molar-refractivity contribution >= 4 is 17.6 Å². The maximum atomic E-state index is 12.3. The van der Waals surface area contributed by atoms with Gasteiger partial charge in [0.2, 0.25) is 0 Å². The standard InChI is InChI=1S/C18H22N4O4/c1-20-12-14(11-19-20)18(24)26-13-17(23)22-9-7-21(8-10-22)15-3-5-16(25-2)6-4-15/h3-6,11-12H,7-10,13H2,1-2H3. The van der Waals surface area contributed by atoms with E-state index < -0.39 is 5.97 Å². The second kappa shape index (κ2) is 7.90. The zero-order valence-corrected chi connectivity index (χ0v) is 14.9. The molecule has 2 heterocycles. The van der Waals surface area contributed by atoms with Gasteiger partial charge in [-0.1, -0.05) is 0 Å². The van der Waals surface area contributed by atoms with Gasteiger partial charge < -0.3 is 19.3 Å². The van der Waals surface area contributed by atoms with Gasteiger partial charge in [0.05, 0.1) is 18.9 Å². The molecule has 0 N–H and O–H groups in total. The molecule has 3 rings (SSSR count). The number of amides is 1. The van der Waals surface area contributed by atoms with E-state index in [0.29, 0.717) is 18.7 Å². The highest BCUT2D eigenvalue weighted by atomic mass is 16.5. The Hall–Kier alpha value is -3.03. The van der Waals surface area contributed by atoms with E-state index in [9.17, 15) is 9.59 Å². The lowest BCUT2D eigenvalue weighted by atomic mass is 10.2. The summed E-state index contributed by atoms with van der Waals surface area (Å²) in [6.07, 6.45) is 2.97. The van der Waals surface area contributed by atoms with Gasteiger partial charge in [-0.25, -0.2) is 4.79 Å². The Morgan fingerprint density at radius 2 is 1.81 bits per heavy atom. The van der Waals surface area contributed by atoms with Crippen LogP contribution in [0.2, 0.25) is 0 Å². The summed E-state index contributed by atoms with van der Waals surface area (Å²) in [5.41, 5.74) is 1.44. The summed E-state index contributed by atoms with van der Waals surface area (Å²) in [4.78, 5) is 28.1. The Morgan fingerprint density at radius 3 is 2.38 bits per heavy atom. The average molecular weight is 358 g/mol. The van der Waals surface area contributed by atoms with E-state index in [1.54, 1.807) is 25.3 Å². The Bertz CT molecular complexity index is 764. The third-order valence-corrected chi connectivity index (χ3v) is 4.34. The number of aromatic nitrogens is 2. The van der Waals surface area contributed by atoms with Gasteiger partial charge in [-0.15, -0.1) is 0 Å². The normalized spacial score (nSPS) is 14.2. The van der Waals surface area contributed by atoms with Crippen LogP contribution in [0, 0.1) is 0 Å². The monoisotopic (exact) mass is 358 g/mol. The quantitative estimate of drug-likeness (QED) is 0.740. The van der Waals surface area contributed by atoms with Gasteiger partial charge in [-0.05, 0) is 24.3 Å². The summed E-state index contributed by atoms with van der Waals surface area (Å²) < 4.78 is 11.8. The molecular formula is C18H22N4O4. The Morgan fingerprint density at radius 1 is 1.12 bits per heavy atom. The molecule has 1 saturated heterocycles. The number of aryl methyl sites for hydroxylation is 1. The third kappa shape index (κ3) is 4.14. The number of methoxy groups -OCH3 is 1. The molecule has 0 aliphatic carbocycles. The van der Waals surface area contributed by atoms with Crippen molar-refractivity contribution in [3.8, 4) is 5.75 Å². The summed E-state index contributed by atoms with van der Waals surface area (Å²) in [6.45, 7) is 2.39. The van der Waals surface area contributed by atoms with Crippen LogP contribution >= 0.6 is 0 Å². The number of anilines is 1. The Kier molecular flexibility index (Phi) is 5.40. The van der Waals surface area contributed by atoms with Gasteiger partial charge in [-0.2, -0.15) is 5.10 Å². The number of piperazine rings is 1. The van der Waals surface area contributed by atoms with Crippen molar-refractivity contribution in [3.63, 3.8) is 0 Å². The molecule has 1 amide bonds. The van der Waals surface area contributed by atoms with Crippen LogP contribution in [0.3, 0.4) is 0 Å². The Balaban J connectivity index is 1.46. The number of ether oxygens (including phenoxy) is 2. The smallest absolute Gasteiger partial charge is 0.341 e. The van der Waals surface area contributed by atoms with Crippen molar-refractivity contribution in [1.82, 2.24) is 14.7 Å². The van der Waals surface area contributed by atoms with E-state index >= 15 is 0 Å². The molecule has 1 aliphatic rings. The summed E-state index contributed by atoms with van der Waals surface area (Å²) >= 11 is 0. The van der Waals surface area contributed by atoms with Gasteiger partial charge in [0.25, 0.3) is 5.91 Å². The van der Waals surface area contributed by atoms with Gasteiger partial charge >= 0.3 is 5.97 Å². The molecular weight excluding hydrogens is 336 g/mol. The molecule has 1 aromatic heterocycles. The zero-order chi connectivity index (χ0) is 18.5. The molecule has 8 heteroatoms. The highest BCUT2D eigenvalue weighted by molar-refractivity contribution is 5.90. The zero-order valence-electron chi connectivity index (χ0n) is 14.9. The molecule has 0 radical (unpaired) electrons. The van der Waals surface area contributed by atoms with E-state index in [-0.39, 0.29) is 12.5 Å². The van der Waals surface area contributed by atoms with Gasteiger partial charge in [0, 0.05) is 45.1 Å². The van der Waals surface area contributed by atoms with E-state index in [1.807, 2.05) is 24.3 Å². The van der Waals surface area contributed by atoms with Crippen molar-refractivity contribution in [3.05, 3.63) is 42.2 Å². The fourth-order valence-electron chi connectivity index (χ4n) is 2.84. The van der Waals surface area contributed by atoms with Gasteiger partial charge in [-0.3, -0.25) is 9.48 Å². The number of benzene rings is 1. The van der Waals surface area contributed by atoms with Crippen LogP contribution in [0.1, 0.15) is 10.4 Å². The molecule has 0 saturated carbocycles. The number of carbonyl (C=O) groups is 2. The highest BCUT2D eigenvalue weighted by Crippen LogP contribution is 2.20. The first-order valence-electron chi connectivity index (χ1n) is 8.39. The largest absolute Gasteiger partial charge is 0.497 e. The Labute approximate surface area is 151 Å². The van der Waals surface area contributed by atoms with Crippen LogP contribution < -0.4 is 9.64 Å². The SMILES string of the molecule is COc1ccc(N2CCN(C(=O)COC(=O)c3cnn(C)c3)CC2)cc1. The molecule has 1 fully saturated rings. The highest BCUT2D eigenvalue weighted by Gasteiger charge is 2.22. The van der Waals surface area contributed by atoms with Gasteiger partial charge in [0.15, 0.2) is 6.61 Å². The number of nitrogens with zero attached hydrogens (tertiary/aromatic N) is 4. The molecule has 2 aromatic rings. The van der Waals surface area contributed by atoms with Gasteiger partial charge in [0.1, 0.15) is 5.75 Å². The first kappa shape index (κ1) is 17.8. The molecule has 8 nitrogen and oxygen atoms in total. The van der Waals surface area contributed by atoms with Crippen molar-refractivity contribution in [2.45, 2.75) is 0 Å². The lowest BCUT2D eigenvalue weighted by Gasteiger charge is -2.36. The van der Waals surface area contributed by atoms with Crippen molar-refractivity contribution in [2.24, 2.45) is 7.05 Å². The third-order valence-electron chi connectivity index (χ3n) is 4.34. The molecule has 0 unspecified atom stereocenters. The van der Waals surface area contributed by atoms with Crippen LogP contribution in [-0.2, 0) is 16.6 Å². The summed E-state index contributed by atoms with van der Waals surface area (Å²) in [5, 5.41) is 3.91. The summed E-state index contributed by atoms with van der Waals surface area (Å²) in [7, 11) is 3.35. The number of carbonyl (C=O) groups excluding carboxylic acids is 2. The number of esters is 1. The van der Waals surface area contributed by atoms with Crippen LogP contribution in [0.25, 0.3) is 0 Å². The van der Waals surface area contributed by atoms with E-state index in [2.05, 4.69) is 10.00 Å². The number of hydrogen-bond acceptors (Lipinski definition) is 6. The molecule has 26 heavy (non-hydrogen) atoms. The van der Waals surface area contributed by atoms with Crippen LogP contribution in [0.5, 0.6) is 5.75 Å². The molecule has 0 spiro atoms. The first-order valence-corrected chi connectivity index (χ1v) is 8.39. The molecule has 1 aliphatic heterocycles. The predicted octanol–water partition coefficient (Wildman–Crippen LogP) is 0.934. The van der Waals surface area contributed by atoms with E-state index in [0.717, 1.165) is 24.5 Å². The second-order valence-electron chi connectivity index (χ2n) is 6.04. The summed E-state index contributed by atoms with van der Waals surface area (Å²) in [6, 6.07) is 7.85. The minimum Gasteiger partial charge on any atom is -0.497 e. The maximum absolute atomic E-state index is 12.3. The predicted molar refractivity (Wildman–Crippen MR) is 95.3 cm³/mol. The molecule has 0 bridgehead atoms. The second-order valence-corrected chi connectivity index (χ2v) is 6.04. The molecule has 138 valence electrons. The first-order chi connectivity index (χ1) is 12.6. The van der Waals surface area contributed by atoms with Crippen molar-refractivity contribution in [2.75, 3.05) is 44.8 Å². The number of hydrogen-bond donors (Lipinski definition) is 0. The summed E-state index contributed by atoms with van der Waals surface area (Å²) in [5.74, 6) is 0.0953. The lowest BCUT2D eigenvalue weighted by molar-refractivity contribution is -0.134. The fraction of sp³-hybridized carbons (Fsp3) is 0.389. The van der Waals surface area contributed by atoms with E-state index in [4.69, 9.17) is 9.47 Å². The number of rotatable bonds is 5. The van der Waals surface area contributed by atoms with Crippen LogP contribution in [-0.4, -0.2) is 66.5 Å². The minimum atomic E-state index is -0.539. The maximum Gasteiger partial charge on any atom is 0.341 e. The lowest BCUT2D eigenvalue weighted by Crippen LogP contribution is -2.49.